The summed E-state index contributed by atoms with van der Waals surface area (Å²) in [5.74, 6) is -0.112. The zero-order valence-corrected chi connectivity index (χ0v) is 13.4. The molecule has 2 atom stereocenters. The maximum absolute atomic E-state index is 12.7. The highest BCUT2D eigenvalue weighted by molar-refractivity contribution is 5.96. The van der Waals surface area contributed by atoms with E-state index in [1.54, 1.807) is 12.1 Å². The summed E-state index contributed by atoms with van der Waals surface area (Å²) in [6.07, 6.45) is 0. The molecule has 2 unspecified atom stereocenters. The van der Waals surface area contributed by atoms with Gasteiger partial charge in [-0.05, 0) is 31.4 Å². The Morgan fingerprint density at radius 1 is 1.27 bits per heavy atom. The Bertz CT molecular complexity index is 743. The van der Waals surface area contributed by atoms with Gasteiger partial charge in [-0.2, -0.15) is 0 Å². The van der Waals surface area contributed by atoms with E-state index in [9.17, 15) is 9.59 Å². The number of H-pyrrole nitrogens is 1. The van der Waals surface area contributed by atoms with E-state index in [4.69, 9.17) is 0 Å². The molecule has 0 aliphatic carbocycles. The molecule has 1 aliphatic rings. The van der Waals surface area contributed by atoms with Crippen molar-refractivity contribution >= 4 is 29.1 Å². The number of halogens is 1. The summed E-state index contributed by atoms with van der Waals surface area (Å²) in [7, 11) is 0. The number of hydrogen-bond acceptors (Lipinski definition) is 3. The first kappa shape index (κ1) is 16.5. The van der Waals surface area contributed by atoms with Crippen LogP contribution in [0.2, 0.25) is 0 Å². The fourth-order valence-electron chi connectivity index (χ4n) is 2.82. The Kier molecular flexibility index (Phi) is 4.88. The lowest BCUT2D eigenvalue weighted by Gasteiger charge is -2.38. The van der Waals surface area contributed by atoms with Crippen LogP contribution in [0.15, 0.2) is 35.1 Å². The Morgan fingerprint density at radius 2 is 2.00 bits per heavy atom. The number of piperazine rings is 1. The van der Waals surface area contributed by atoms with Crippen molar-refractivity contribution in [2.45, 2.75) is 25.9 Å². The number of aromatic nitrogens is 1. The second-order valence-electron chi connectivity index (χ2n) is 5.58. The molecule has 5 nitrogen and oxygen atoms in total. The number of benzene rings is 1. The Morgan fingerprint density at radius 3 is 2.77 bits per heavy atom. The highest BCUT2D eigenvalue weighted by atomic mass is 35.5. The monoisotopic (exact) mass is 321 g/mol. The van der Waals surface area contributed by atoms with Gasteiger partial charge in [-0.25, -0.2) is 0 Å². The van der Waals surface area contributed by atoms with Gasteiger partial charge >= 0.3 is 0 Å². The maximum atomic E-state index is 12.7. The smallest absolute Gasteiger partial charge is 0.270 e. The number of carbonyl (C=O) groups excluding carboxylic acids is 1. The molecule has 1 aromatic carbocycles. The fourth-order valence-corrected chi connectivity index (χ4v) is 2.82. The van der Waals surface area contributed by atoms with Gasteiger partial charge in [-0.1, -0.05) is 18.2 Å². The molecule has 1 amide bonds. The van der Waals surface area contributed by atoms with Crippen LogP contribution in [-0.4, -0.2) is 41.0 Å². The van der Waals surface area contributed by atoms with E-state index < -0.39 is 0 Å². The molecule has 2 N–H and O–H groups in total. The summed E-state index contributed by atoms with van der Waals surface area (Å²) in [5.41, 5.74) is 0.145. The van der Waals surface area contributed by atoms with Crippen molar-refractivity contribution in [2.24, 2.45) is 0 Å². The average molecular weight is 322 g/mol. The number of hydrogen-bond donors (Lipinski definition) is 2. The first-order valence-corrected chi connectivity index (χ1v) is 7.24. The maximum Gasteiger partial charge on any atom is 0.270 e. The molecule has 3 rings (SSSR count). The van der Waals surface area contributed by atoms with Crippen LogP contribution in [0.25, 0.3) is 10.8 Å². The molecule has 0 radical (unpaired) electrons. The van der Waals surface area contributed by atoms with E-state index in [0.29, 0.717) is 17.6 Å². The van der Waals surface area contributed by atoms with Crippen molar-refractivity contribution in [3.63, 3.8) is 0 Å². The third-order valence-electron chi connectivity index (χ3n) is 4.28. The van der Waals surface area contributed by atoms with Gasteiger partial charge in [0, 0.05) is 30.6 Å². The predicted molar refractivity (Wildman–Crippen MR) is 89.8 cm³/mol. The van der Waals surface area contributed by atoms with E-state index in [2.05, 4.69) is 17.2 Å². The van der Waals surface area contributed by atoms with E-state index >= 15 is 0 Å². The van der Waals surface area contributed by atoms with Crippen LogP contribution in [0, 0.1) is 0 Å². The normalized spacial score (nSPS) is 21.5. The van der Waals surface area contributed by atoms with Crippen LogP contribution >= 0.6 is 12.4 Å². The first-order valence-electron chi connectivity index (χ1n) is 7.24. The molecule has 1 fully saturated rings. The summed E-state index contributed by atoms with van der Waals surface area (Å²) < 4.78 is 0. The third kappa shape index (κ3) is 2.87. The molecule has 2 aromatic rings. The van der Waals surface area contributed by atoms with E-state index in [1.165, 1.54) is 0 Å². The molecule has 0 bridgehead atoms. The van der Waals surface area contributed by atoms with Gasteiger partial charge in [-0.3, -0.25) is 9.59 Å². The second-order valence-corrected chi connectivity index (χ2v) is 5.58. The van der Waals surface area contributed by atoms with Crippen LogP contribution in [0.3, 0.4) is 0 Å². The standard InChI is InChI=1S/C16H19N3O2.ClH/c1-10-11(2)19(8-7-17-10)16(21)14-9-12-5-3-4-6-13(12)15(20)18-14;/h3-6,9-11,17H,7-8H2,1-2H3,(H,18,20);1H. The van der Waals surface area contributed by atoms with Crippen molar-refractivity contribution in [3.8, 4) is 0 Å². The van der Waals surface area contributed by atoms with Gasteiger partial charge in [0.15, 0.2) is 0 Å². The summed E-state index contributed by atoms with van der Waals surface area (Å²) in [6.45, 7) is 5.51. The van der Waals surface area contributed by atoms with E-state index in [1.807, 2.05) is 30.0 Å². The van der Waals surface area contributed by atoms with E-state index in [-0.39, 0.29) is 36.0 Å². The van der Waals surface area contributed by atoms with Crippen LogP contribution < -0.4 is 10.9 Å². The number of nitrogens with zero attached hydrogens (tertiary/aromatic N) is 1. The molecule has 2 heterocycles. The lowest BCUT2D eigenvalue weighted by molar-refractivity contribution is 0.0597. The van der Waals surface area contributed by atoms with Gasteiger partial charge < -0.3 is 15.2 Å². The molecule has 6 heteroatoms. The number of rotatable bonds is 1. The van der Waals surface area contributed by atoms with Crippen molar-refractivity contribution in [3.05, 3.63) is 46.4 Å². The number of aromatic amines is 1. The van der Waals surface area contributed by atoms with Gasteiger partial charge in [-0.15, -0.1) is 12.4 Å². The molecule has 1 aromatic heterocycles. The summed E-state index contributed by atoms with van der Waals surface area (Å²) in [5, 5.41) is 4.74. The quantitative estimate of drug-likeness (QED) is 0.841. The Labute approximate surface area is 135 Å². The minimum absolute atomic E-state index is 0. The SMILES string of the molecule is CC1NCCN(C(=O)c2cc3ccccc3c(=O)[nH]2)C1C.Cl. The highest BCUT2D eigenvalue weighted by Gasteiger charge is 2.29. The van der Waals surface area contributed by atoms with Crippen molar-refractivity contribution in [1.29, 1.82) is 0 Å². The number of pyridine rings is 1. The molecule has 1 saturated heterocycles. The number of nitrogens with one attached hydrogen (secondary N) is 2. The third-order valence-corrected chi connectivity index (χ3v) is 4.28. The molecule has 22 heavy (non-hydrogen) atoms. The highest BCUT2D eigenvalue weighted by Crippen LogP contribution is 2.15. The molecule has 0 spiro atoms. The van der Waals surface area contributed by atoms with Crippen molar-refractivity contribution in [2.75, 3.05) is 13.1 Å². The number of amides is 1. The van der Waals surface area contributed by atoms with Gasteiger partial charge in [0.2, 0.25) is 0 Å². The van der Waals surface area contributed by atoms with Crippen LogP contribution in [0.4, 0.5) is 0 Å². The first-order chi connectivity index (χ1) is 10.1. The molecule has 1 aliphatic heterocycles. The zero-order valence-electron chi connectivity index (χ0n) is 12.6. The van der Waals surface area contributed by atoms with Crippen molar-refractivity contribution < 1.29 is 4.79 Å². The number of carbonyl (C=O) groups is 1. The second kappa shape index (κ2) is 6.50. The minimum Gasteiger partial charge on any atom is -0.332 e. The Hall–Kier alpha value is -1.85. The van der Waals surface area contributed by atoms with Gasteiger partial charge in [0.05, 0.1) is 0 Å². The van der Waals surface area contributed by atoms with Crippen LogP contribution in [0.1, 0.15) is 24.3 Å². The Balaban J connectivity index is 0.00000176. The topological polar surface area (TPSA) is 65.2 Å². The summed E-state index contributed by atoms with van der Waals surface area (Å²) in [6, 6.07) is 9.41. The van der Waals surface area contributed by atoms with Crippen LogP contribution in [-0.2, 0) is 0 Å². The van der Waals surface area contributed by atoms with E-state index in [0.717, 1.165) is 11.9 Å². The predicted octanol–water partition coefficient (Wildman–Crippen LogP) is 1.77. The van der Waals surface area contributed by atoms with Crippen molar-refractivity contribution in [1.82, 2.24) is 15.2 Å². The number of fused-ring (bicyclic) bond motifs is 1. The van der Waals surface area contributed by atoms with Crippen LogP contribution in [0.5, 0.6) is 0 Å². The zero-order chi connectivity index (χ0) is 15.0. The summed E-state index contributed by atoms with van der Waals surface area (Å²) in [4.78, 5) is 29.3. The molecular weight excluding hydrogens is 302 g/mol. The minimum atomic E-state index is -0.215. The molecule has 0 saturated carbocycles. The fraction of sp³-hybridized carbons (Fsp3) is 0.375. The van der Waals surface area contributed by atoms with Gasteiger partial charge in [0.1, 0.15) is 5.69 Å². The molecular formula is C16H20ClN3O2. The van der Waals surface area contributed by atoms with Gasteiger partial charge in [0.25, 0.3) is 11.5 Å². The largest absolute Gasteiger partial charge is 0.332 e. The lowest BCUT2D eigenvalue weighted by atomic mass is 10.1. The summed E-state index contributed by atoms with van der Waals surface area (Å²) >= 11 is 0. The lowest BCUT2D eigenvalue weighted by Crippen LogP contribution is -2.57. The average Bonchev–Trinajstić information content (AvgIpc) is 2.49. The molecule has 118 valence electrons.